The van der Waals surface area contributed by atoms with Crippen LogP contribution < -0.4 is 4.72 Å². The monoisotopic (exact) mass is 345 g/mol. The topological polar surface area (TPSA) is 92.2 Å². The van der Waals surface area contributed by atoms with E-state index in [4.69, 9.17) is 0 Å². The molecule has 24 heavy (non-hydrogen) atoms. The van der Waals surface area contributed by atoms with Crippen molar-refractivity contribution in [3.63, 3.8) is 0 Å². The van der Waals surface area contributed by atoms with Gasteiger partial charge in [-0.05, 0) is 38.2 Å². The van der Waals surface area contributed by atoms with Crippen LogP contribution in [0.25, 0.3) is 16.8 Å². The van der Waals surface area contributed by atoms with Crippen LogP contribution in [0.3, 0.4) is 0 Å². The van der Waals surface area contributed by atoms with Gasteiger partial charge < -0.3 is 4.98 Å². The van der Waals surface area contributed by atoms with Crippen LogP contribution in [0.1, 0.15) is 43.7 Å². The number of nitrogens with one attached hydrogen (secondary N) is 2. The quantitative estimate of drug-likeness (QED) is 0.756. The van der Waals surface area contributed by atoms with Gasteiger partial charge in [0.25, 0.3) is 0 Å². The molecule has 2 aliphatic rings. The number of nitrogens with zero attached hydrogens (tertiary/aromatic N) is 3. The van der Waals surface area contributed by atoms with E-state index in [2.05, 4.69) is 24.1 Å². The minimum Gasteiger partial charge on any atom is -0.345 e. The summed E-state index contributed by atoms with van der Waals surface area (Å²) < 4.78 is 29.4. The average Bonchev–Trinajstić information content (AvgIpc) is 2.96. The fraction of sp³-hybridized carbons (Fsp3) is 0.500. The van der Waals surface area contributed by atoms with Gasteiger partial charge in [-0.2, -0.15) is 0 Å². The van der Waals surface area contributed by atoms with Crippen molar-refractivity contribution in [3.05, 3.63) is 30.4 Å². The van der Waals surface area contributed by atoms with E-state index in [-0.39, 0.29) is 11.3 Å². The summed E-state index contributed by atoms with van der Waals surface area (Å²) in [6.45, 7) is 0. The summed E-state index contributed by atoms with van der Waals surface area (Å²) in [7, 11) is -3.12. The maximum Gasteiger partial charge on any atom is 0.214 e. The number of hydrogen-bond acceptors (Lipinski definition) is 4. The van der Waals surface area contributed by atoms with Crippen LogP contribution in [0.4, 0.5) is 0 Å². The highest BCUT2D eigenvalue weighted by Gasteiger charge is 2.39. The van der Waals surface area contributed by atoms with Crippen LogP contribution in [0.2, 0.25) is 0 Å². The van der Waals surface area contributed by atoms with Crippen molar-refractivity contribution < 1.29 is 8.42 Å². The molecule has 2 fully saturated rings. The second-order valence-corrected chi connectivity index (χ2v) is 8.91. The van der Waals surface area contributed by atoms with E-state index < -0.39 is 10.0 Å². The number of sulfonamides is 1. The van der Waals surface area contributed by atoms with Gasteiger partial charge in [-0.1, -0.05) is 0 Å². The molecule has 0 amide bonds. The second kappa shape index (κ2) is 5.03. The van der Waals surface area contributed by atoms with Gasteiger partial charge in [-0.15, -0.1) is 0 Å². The molecule has 126 valence electrons. The lowest BCUT2D eigenvalue weighted by atomic mass is 10.0. The van der Waals surface area contributed by atoms with Crippen molar-refractivity contribution in [2.45, 2.75) is 49.3 Å². The molecule has 2 aliphatic carbocycles. The molecule has 0 radical (unpaired) electrons. The molecule has 5 rings (SSSR count). The summed E-state index contributed by atoms with van der Waals surface area (Å²) >= 11 is 0. The van der Waals surface area contributed by atoms with Crippen LogP contribution in [0, 0.1) is 0 Å². The molecule has 3 heterocycles. The fourth-order valence-electron chi connectivity index (χ4n) is 3.84. The van der Waals surface area contributed by atoms with Gasteiger partial charge in [0, 0.05) is 30.0 Å². The Bertz CT molecular complexity index is 1020. The summed E-state index contributed by atoms with van der Waals surface area (Å²) in [6.07, 6.45) is 9.84. The second-order valence-electron chi connectivity index (χ2n) is 6.92. The van der Waals surface area contributed by atoms with Crippen molar-refractivity contribution in [3.8, 4) is 0 Å². The van der Waals surface area contributed by atoms with Crippen LogP contribution in [-0.4, -0.2) is 39.1 Å². The van der Waals surface area contributed by atoms with Gasteiger partial charge in [-0.25, -0.2) is 23.1 Å². The molecule has 3 aromatic heterocycles. The largest absolute Gasteiger partial charge is 0.345 e. The van der Waals surface area contributed by atoms with E-state index in [0.717, 1.165) is 54.6 Å². The molecular formula is C16H19N5O2S. The van der Waals surface area contributed by atoms with Crippen LogP contribution in [0.5, 0.6) is 0 Å². The number of rotatable bonds is 4. The zero-order valence-electron chi connectivity index (χ0n) is 13.1. The van der Waals surface area contributed by atoms with E-state index in [1.54, 1.807) is 6.20 Å². The highest BCUT2D eigenvalue weighted by molar-refractivity contribution is 7.90. The highest BCUT2D eigenvalue weighted by atomic mass is 32.2. The summed E-state index contributed by atoms with van der Waals surface area (Å²) in [5, 5.41) is -0.155. The SMILES string of the molecule is O=S(=O)(N[C@H]1CC[C@H](c2cnc3cnc4[nH]ccc4n23)C1)C1CC1. The van der Waals surface area contributed by atoms with Crippen molar-refractivity contribution in [1.82, 2.24) is 24.1 Å². The Morgan fingerprint density at radius 3 is 2.88 bits per heavy atom. The fourth-order valence-corrected chi connectivity index (χ4v) is 5.47. The van der Waals surface area contributed by atoms with Crippen molar-refractivity contribution in [2.24, 2.45) is 0 Å². The van der Waals surface area contributed by atoms with E-state index in [9.17, 15) is 8.42 Å². The molecule has 2 saturated carbocycles. The molecule has 2 atom stereocenters. The van der Waals surface area contributed by atoms with Gasteiger partial charge in [-0.3, -0.25) is 4.40 Å². The third-order valence-electron chi connectivity index (χ3n) is 5.22. The van der Waals surface area contributed by atoms with Gasteiger partial charge in [0.05, 0.1) is 17.0 Å². The molecule has 0 aromatic carbocycles. The normalized spacial score (nSPS) is 25.0. The Kier molecular flexibility index (Phi) is 3.02. The van der Waals surface area contributed by atoms with Crippen LogP contribution >= 0.6 is 0 Å². The predicted molar refractivity (Wildman–Crippen MR) is 90.3 cm³/mol. The molecule has 2 N–H and O–H groups in total. The van der Waals surface area contributed by atoms with E-state index >= 15 is 0 Å². The molecule has 7 nitrogen and oxygen atoms in total. The Morgan fingerprint density at radius 1 is 1.17 bits per heavy atom. The van der Waals surface area contributed by atoms with Crippen molar-refractivity contribution in [2.75, 3.05) is 0 Å². The maximum absolute atomic E-state index is 12.2. The van der Waals surface area contributed by atoms with Crippen LogP contribution in [0.15, 0.2) is 24.7 Å². The minimum atomic E-state index is -3.12. The number of hydrogen-bond donors (Lipinski definition) is 2. The molecule has 0 aliphatic heterocycles. The highest BCUT2D eigenvalue weighted by Crippen LogP contribution is 2.37. The Balaban J connectivity index is 1.45. The molecular weight excluding hydrogens is 326 g/mol. The summed E-state index contributed by atoms with van der Waals surface area (Å²) in [4.78, 5) is 12.0. The average molecular weight is 345 g/mol. The number of H-pyrrole nitrogens is 1. The number of imidazole rings is 1. The van der Waals surface area contributed by atoms with Gasteiger partial charge in [0.2, 0.25) is 10.0 Å². The van der Waals surface area contributed by atoms with Crippen molar-refractivity contribution in [1.29, 1.82) is 0 Å². The molecule has 3 aromatic rings. The Hall–Kier alpha value is -1.93. The Labute approximate surface area is 139 Å². The van der Waals surface area contributed by atoms with E-state index in [0.29, 0.717) is 5.92 Å². The minimum absolute atomic E-state index is 0.0368. The maximum atomic E-state index is 12.2. The first-order chi connectivity index (χ1) is 11.6. The number of aromatic nitrogens is 4. The first kappa shape index (κ1) is 14.4. The molecule has 0 unspecified atom stereocenters. The third kappa shape index (κ3) is 2.24. The van der Waals surface area contributed by atoms with E-state index in [1.807, 2.05) is 18.5 Å². The predicted octanol–water partition coefficient (Wildman–Crippen LogP) is 1.93. The molecule has 8 heteroatoms. The first-order valence-electron chi connectivity index (χ1n) is 8.42. The first-order valence-corrected chi connectivity index (χ1v) is 9.97. The van der Waals surface area contributed by atoms with E-state index in [1.165, 1.54) is 0 Å². The van der Waals surface area contributed by atoms with Gasteiger partial charge in [0.15, 0.2) is 11.3 Å². The Morgan fingerprint density at radius 2 is 2.04 bits per heavy atom. The smallest absolute Gasteiger partial charge is 0.214 e. The lowest BCUT2D eigenvalue weighted by molar-refractivity contribution is 0.547. The lowest BCUT2D eigenvalue weighted by Crippen LogP contribution is -2.35. The third-order valence-corrected chi connectivity index (χ3v) is 7.23. The lowest BCUT2D eigenvalue weighted by Gasteiger charge is -2.13. The number of fused-ring (bicyclic) bond motifs is 3. The summed E-state index contributed by atoms with van der Waals surface area (Å²) in [6, 6.07) is 2.04. The molecule has 0 saturated heterocycles. The van der Waals surface area contributed by atoms with Crippen molar-refractivity contribution >= 4 is 26.8 Å². The summed E-state index contributed by atoms with van der Waals surface area (Å²) in [5.74, 6) is 0.312. The summed E-state index contributed by atoms with van der Waals surface area (Å²) in [5.41, 5.74) is 3.83. The number of aromatic amines is 1. The standard InChI is InChI=1S/C16H19N5O2S/c22-24(23,12-3-4-12)20-11-2-1-10(7-11)14-8-18-15-9-19-16-13(21(14)15)5-6-17-16/h5-6,8-12,17,20H,1-4,7H2/t10-,11-/m0/s1. The van der Waals surface area contributed by atoms with Crippen LogP contribution in [-0.2, 0) is 10.0 Å². The van der Waals surface area contributed by atoms with Gasteiger partial charge in [0.1, 0.15) is 0 Å². The zero-order valence-corrected chi connectivity index (χ0v) is 14.0. The van der Waals surface area contributed by atoms with Gasteiger partial charge >= 0.3 is 0 Å². The molecule has 0 spiro atoms. The zero-order chi connectivity index (χ0) is 16.3. The molecule has 0 bridgehead atoms.